The minimum absolute atomic E-state index is 0.0354. The Labute approximate surface area is 138 Å². The molecule has 8 heteroatoms. The summed E-state index contributed by atoms with van der Waals surface area (Å²) < 4.78 is 42.8. The van der Waals surface area contributed by atoms with Crippen LogP contribution < -0.4 is 4.74 Å². The van der Waals surface area contributed by atoms with Gasteiger partial charge in [0.1, 0.15) is 11.6 Å². The van der Waals surface area contributed by atoms with Gasteiger partial charge in [0, 0.05) is 29.6 Å². The second kappa shape index (κ2) is 5.85. The first-order valence-corrected chi connectivity index (χ1v) is 8.97. The van der Waals surface area contributed by atoms with Gasteiger partial charge < -0.3 is 9.84 Å². The fraction of sp³-hybridized carbons (Fsp3) is 0.250. The number of fused-ring (bicyclic) bond motifs is 1. The highest BCUT2D eigenvalue weighted by Gasteiger charge is 2.31. The van der Waals surface area contributed by atoms with Crippen LogP contribution in [-0.2, 0) is 16.3 Å². The highest BCUT2D eigenvalue weighted by molar-refractivity contribution is 7.90. The molecule has 1 heterocycles. The fourth-order valence-corrected chi connectivity index (χ4v) is 3.65. The van der Waals surface area contributed by atoms with E-state index < -0.39 is 21.8 Å². The van der Waals surface area contributed by atoms with Crippen LogP contribution in [0.25, 0.3) is 0 Å². The molecule has 1 aromatic heterocycles. The van der Waals surface area contributed by atoms with Crippen molar-refractivity contribution in [1.29, 1.82) is 5.26 Å². The standard InChI is InChI=1S/C16H13FN2O4S/c1-24(21,22)14-8-19-16(12-2-3-13(20)15(12)14)23-11-5-9(7-18)4-10(17)6-11/h4-6,8,13,20H,2-3H2,1H3. The van der Waals surface area contributed by atoms with Crippen LogP contribution in [-0.4, -0.2) is 24.8 Å². The van der Waals surface area contributed by atoms with Gasteiger partial charge >= 0.3 is 0 Å². The van der Waals surface area contributed by atoms with Gasteiger partial charge in [-0.15, -0.1) is 0 Å². The molecule has 2 aromatic rings. The number of aliphatic hydroxyl groups excluding tert-OH is 1. The van der Waals surface area contributed by atoms with E-state index in [2.05, 4.69) is 4.98 Å². The molecule has 0 radical (unpaired) electrons. The van der Waals surface area contributed by atoms with Crippen molar-refractivity contribution < 1.29 is 22.7 Å². The first-order valence-electron chi connectivity index (χ1n) is 7.08. The summed E-state index contributed by atoms with van der Waals surface area (Å²) in [7, 11) is -3.55. The van der Waals surface area contributed by atoms with E-state index in [1.807, 2.05) is 6.07 Å². The van der Waals surface area contributed by atoms with Crippen LogP contribution in [0.1, 0.15) is 29.2 Å². The number of nitrogens with zero attached hydrogens (tertiary/aromatic N) is 2. The lowest BCUT2D eigenvalue weighted by Crippen LogP contribution is -2.07. The Hall–Kier alpha value is -2.50. The number of aromatic nitrogens is 1. The van der Waals surface area contributed by atoms with E-state index in [9.17, 15) is 17.9 Å². The number of benzene rings is 1. The third kappa shape index (κ3) is 2.96. The quantitative estimate of drug-likeness (QED) is 0.913. The molecular formula is C16H13FN2O4S. The third-order valence-electron chi connectivity index (χ3n) is 3.76. The second-order valence-electron chi connectivity index (χ2n) is 5.54. The average Bonchev–Trinajstić information content (AvgIpc) is 2.88. The Morgan fingerprint density at radius 1 is 1.42 bits per heavy atom. The van der Waals surface area contributed by atoms with Gasteiger partial charge in [0.2, 0.25) is 5.88 Å². The normalized spacial score (nSPS) is 16.5. The van der Waals surface area contributed by atoms with Crippen LogP contribution in [0.5, 0.6) is 11.6 Å². The number of pyridine rings is 1. The predicted octanol–water partition coefficient (Wildman–Crippen LogP) is 2.27. The van der Waals surface area contributed by atoms with Crippen molar-refractivity contribution in [3.05, 3.63) is 46.9 Å². The summed E-state index contributed by atoms with van der Waals surface area (Å²) in [5.74, 6) is -0.452. The molecule has 1 N–H and O–H groups in total. The largest absolute Gasteiger partial charge is 0.439 e. The van der Waals surface area contributed by atoms with Gasteiger partial charge in [0.05, 0.1) is 22.6 Å². The maximum atomic E-state index is 13.5. The molecule has 0 amide bonds. The zero-order valence-corrected chi connectivity index (χ0v) is 13.5. The van der Waals surface area contributed by atoms with Gasteiger partial charge in [0.15, 0.2) is 9.84 Å². The molecule has 0 spiro atoms. The number of rotatable bonds is 3. The van der Waals surface area contributed by atoms with Gasteiger partial charge in [-0.25, -0.2) is 17.8 Å². The van der Waals surface area contributed by atoms with Crippen molar-refractivity contribution in [2.45, 2.75) is 23.8 Å². The number of aliphatic hydroxyl groups is 1. The summed E-state index contributed by atoms with van der Waals surface area (Å²) in [6.07, 6.45) is 2.00. The maximum Gasteiger partial charge on any atom is 0.222 e. The molecule has 6 nitrogen and oxygen atoms in total. The molecule has 0 aliphatic heterocycles. The highest BCUT2D eigenvalue weighted by Crippen LogP contribution is 2.41. The molecule has 1 aromatic carbocycles. The van der Waals surface area contributed by atoms with Crippen LogP contribution in [0, 0.1) is 17.1 Å². The Balaban J connectivity index is 2.09. The predicted molar refractivity (Wildman–Crippen MR) is 81.8 cm³/mol. The van der Waals surface area contributed by atoms with Crippen molar-refractivity contribution in [2.75, 3.05) is 6.26 Å². The molecule has 0 saturated heterocycles. The van der Waals surface area contributed by atoms with Gasteiger partial charge in [-0.05, 0) is 25.0 Å². The summed E-state index contributed by atoms with van der Waals surface area (Å²) in [5, 5.41) is 19.0. The maximum absolute atomic E-state index is 13.5. The average molecular weight is 348 g/mol. The summed E-state index contributed by atoms with van der Waals surface area (Å²) in [4.78, 5) is 3.98. The monoisotopic (exact) mass is 348 g/mol. The fourth-order valence-electron chi connectivity index (χ4n) is 2.74. The molecular weight excluding hydrogens is 335 g/mol. The van der Waals surface area contributed by atoms with E-state index in [1.54, 1.807) is 0 Å². The first kappa shape index (κ1) is 16.4. The lowest BCUT2D eigenvalue weighted by molar-refractivity contribution is 0.177. The van der Waals surface area contributed by atoms with Crippen molar-refractivity contribution in [3.8, 4) is 17.7 Å². The van der Waals surface area contributed by atoms with Crippen LogP contribution in [0.4, 0.5) is 4.39 Å². The lowest BCUT2D eigenvalue weighted by Gasteiger charge is -2.13. The Morgan fingerprint density at radius 3 is 2.83 bits per heavy atom. The molecule has 0 saturated carbocycles. The lowest BCUT2D eigenvalue weighted by atomic mass is 10.1. The SMILES string of the molecule is CS(=O)(=O)c1cnc(Oc2cc(F)cc(C#N)c2)c2c1C(O)CC2. The molecule has 0 bridgehead atoms. The number of hydrogen-bond acceptors (Lipinski definition) is 6. The van der Waals surface area contributed by atoms with Crippen LogP contribution >= 0.6 is 0 Å². The van der Waals surface area contributed by atoms with E-state index in [4.69, 9.17) is 10.00 Å². The summed E-state index contributed by atoms with van der Waals surface area (Å²) in [5.41, 5.74) is 0.849. The van der Waals surface area contributed by atoms with E-state index >= 15 is 0 Å². The zero-order chi connectivity index (χ0) is 17.5. The van der Waals surface area contributed by atoms with Crippen LogP contribution in [0.2, 0.25) is 0 Å². The molecule has 0 fully saturated rings. The second-order valence-corrected chi connectivity index (χ2v) is 7.52. The van der Waals surface area contributed by atoms with E-state index in [0.717, 1.165) is 24.6 Å². The van der Waals surface area contributed by atoms with Crippen LogP contribution in [0.3, 0.4) is 0 Å². The molecule has 1 unspecified atom stereocenters. The Morgan fingerprint density at radius 2 is 2.17 bits per heavy atom. The van der Waals surface area contributed by atoms with Crippen molar-refractivity contribution in [2.24, 2.45) is 0 Å². The minimum Gasteiger partial charge on any atom is -0.439 e. The number of sulfone groups is 1. The summed E-state index contributed by atoms with van der Waals surface area (Å²) in [6.45, 7) is 0. The molecule has 124 valence electrons. The third-order valence-corrected chi connectivity index (χ3v) is 4.89. The van der Waals surface area contributed by atoms with E-state index in [-0.39, 0.29) is 27.7 Å². The molecule has 1 aliphatic carbocycles. The molecule has 3 rings (SSSR count). The Kier molecular flexibility index (Phi) is 3.99. The van der Waals surface area contributed by atoms with Gasteiger partial charge in [0.25, 0.3) is 0 Å². The molecule has 1 aliphatic rings. The summed E-state index contributed by atoms with van der Waals surface area (Å²) >= 11 is 0. The summed E-state index contributed by atoms with van der Waals surface area (Å²) in [6, 6.07) is 5.35. The smallest absolute Gasteiger partial charge is 0.222 e. The van der Waals surface area contributed by atoms with Crippen molar-refractivity contribution >= 4 is 9.84 Å². The Bertz CT molecular complexity index is 967. The molecule has 24 heavy (non-hydrogen) atoms. The van der Waals surface area contributed by atoms with Gasteiger partial charge in [-0.2, -0.15) is 5.26 Å². The van der Waals surface area contributed by atoms with Crippen molar-refractivity contribution in [3.63, 3.8) is 0 Å². The van der Waals surface area contributed by atoms with Gasteiger partial charge in [-0.1, -0.05) is 0 Å². The zero-order valence-electron chi connectivity index (χ0n) is 12.7. The molecule has 1 atom stereocenters. The highest BCUT2D eigenvalue weighted by atomic mass is 32.2. The van der Waals surface area contributed by atoms with E-state index in [0.29, 0.717) is 18.4 Å². The number of hydrogen-bond donors (Lipinski definition) is 1. The van der Waals surface area contributed by atoms with Crippen LogP contribution in [0.15, 0.2) is 29.3 Å². The topological polar surface area (TPSA) is 100 Å². The van der Waals surface area contributed by atoms with Crippen molar-refractivity contribution in [1.82, 2.24) is 4.98 Å². The number of halogens is 1. The van der Waals surface area contributed by atoms with Gasteiger partial charge in [-0.3, -0.25) is 0 Å². The number of nitriles is 1. The first-order chi connectivity index (χ1) is 11.3. The number of ether oxygens (including phenoxy) is 1. The minimum atomic E-state index is -3.55. The van der Waals surface area contributed by atoms with E-state index in [1.165, 1.54) is 6.07 Å².